The second kappa shape index (κ2) is 6.01. The molecule has 1 aromatic carbocycles. The van der Waals surface area contributed by atoms with E-state index in [2.05, 4.69) is 26.6 Å². The fourth-order valence-corrected chi connectivity index (χ4v) is 2.53. The Hall–Kier alpha value is -1.63. The van der Waals surface area contributed by atoms with Crippen LogP contribution in [0.4, 0.5) is 9.18 Å². The molecule has 0 spiro atoms. The summed E-state index contributed by atoms with van der Waals surface area (Å²) >= 11 is 3.23. The molecule has 3 N–H and O–H groups in total. The lowest BCUT2D eigenvalue weighted by molar-refractivity contribution is -0.144. The third kappa shape index (κ3) is 3.72. The number of nitrogens with one attached hydrogen (secondary N) is 2. The van der Waals surface area contributed by atoms with Crippen LogP contribution in [0.2, 0.25) is 0 Å². The van der Waals surface area contributed by atoms with Crippen LogP contribution in [0.25, 0.3) is 0 Å². The number of rotatable bonds is 5. The Balaban J connectivity index is 1.95. The van der Waals surface area contributed by atoms with Crippen molar-refractivity contribution in [3.8, 4) is 0 Å². The van der Waals surface area contributed by atoms with Crippen LogP contribution in [0.15, 0.2) is 22.7 Å². The molecular formula is C14H16BrFN2O3. The van der Waals surface area contributed by atoms with Crippen molar-refractivity contribution in [1.82, 2.24) is 10.6 Å². The Labute approximate surface area is 130 Å². The zero-order chi connectivity index (χ0) is 15.6. The van der Waals surface area contributed by atoms with E-state index in [0.717, 1.165) is 12.8 Å². The fourth-order valence-electron chi connectivity index (χ4n) is 2.13. The number of urea groups is 1. The van der Waals surface area contributed by atoms with E-state index in [0.29, 0.717) is 10.0 Å². The van der Waals surface area contributed by atoms with Gasteiger partial charge in [0.1, 0.15) is 11.4 Å². The molecule has 0 radical (unpaired) electrons. The van der Waals surface area contributed by atoms with Gasteiger partial charge in [0.15, 0.2) is 0 Å². The van der Waals surface area contributed by atoms with Crippen molar-refractivity contribution in [3.05, 3.63) is 34.1 Å². The number of carbonyl (C=O) groups is 2. The quantitative estimate of drug-likeness (QED) is 0.756. The monoisotopic (exact) mass is 358 g/mol. The molecule has 1 aliphatic rings. The molecule has 0 saturated heterocycles. The summed E-state index contributed by atoms with van der Waals surface area (Å²) in [7, 11) is 0. The molecule has 0 aromatic heterocycles. The maximum atomic E-state index is 13.5. The average Bonchev–Trinajstić information content (AvgIpc) is 3.24. The number of amides is 2. The van der Waals surface area contributed by atoms with Gasteiger partial charge < -0.3 is 15.7 Å². The number of carboxylic acids is 1. The van der Waals surface area contributed by atoms with E-state index >= 15 is 0 Å². The Bertz CT molecular complexity index is 577. The van der Waals surface area contributed by atoms with E-state index in [-0.39, 0.29) is 12.5 Å². The Morgan fingerprint density at radius 1 is 1.48 bits per heavy atom. The van der Waals surface area contributed by atoms with Crippen LogP contribution in [0.3, 0.4) is 0 Å². The highest BCUT2D eigenvalue weighted by molar-refractivity contribution is 9.10. The molecule has 1 atom stereocenters. The number of hydrogen-bond donors (Lipinski definition) is 3. The third-order valence-electron chi connectivity index (χ3n) is 3.66. The van der Waals surface area contributed by atoms with Crippen molar-refractivity contribution in [3.63, 3.8) is 0 Å². The molecule has 0 heterocycles. The molecule has 0 bridgehead atoms. The predicted molar refractivity (Wildman–Crippen MR) is 78.2 cm³/mol. The lowest BCUT2D eigenvalue weighted by Gasteiger charge is -2.26. The molecule has 2 rings (SSSR count). The second-order valence-corrected chi connectivity index (χ2v) is 6.24. The maximum Gasteiger partial charge on any atom is 0.329 e. The van der Waals surface area contributed by atoms with Gasteiger partial charge in [0.2, 0.25) is 0 Å². The van der Waals surface area contributed by atoms with Crippen LogP contribution in [-0.2, 0) is 11.3 Å². The van der Waals surface area contributed by atoms with Crippen molar-refractivity contribution < 1.29 is 19.1 Å². The Kier molecular flexibility index (Phi) is 4.51. The summed E-state index contributed by atoms with van der Waals surface area (Å²) in [5, 5.41) is 14.2. The first-order chi connectivity index (χ1) is 9.83. The Morgan fingerprint density at radius 2 is 2.14 bits per heavy atom. The minimum absolute atomic E-state index is 0.0164. The molecule has 1 aromatic rings. The highest BCUT2D eigenvalue weighted by atomic mass is 79.9. The summed E-state index contributed by atoms with van der Waals surface area (Å²) < 4.78 is 14.2. The first-order valence-electron chi connectivity index (χ1n) is 6.56. The minimum atomic E-state index is -1.28. The van der Waals surface area contributed by atoms with Gasteiger partial charge >= 0.3 is 12.0 Å². The summed E-state index contributed by atoms with van der Waals surface area (Å²) in [4.78, 5) is 23.1. The molecule has 114 valence electrons. The highest BCUT2D eigenvalue weighted by Gasteiger charge is 2.48. The summed E-state index contributed by atoms with van der Waals surface area (Å²) in [6.07, 6.45) is 1.56. The molecule has 0 aliphatic heterocycles. The summed E-state index contributed by atoms with van der Waals surface area (Å²) in [6.45, 7) is 1.48. The molecular weight excluding hydrogens is 343 g/mol. The maximum absolute atomic E-state index is 13.5. The highest BCUT2D eigenvalue weighted by Crippen LogP contribution is 2.39. The molecule has 1 unspecified atom stereocenters. The van der Waals surface area contributed by atoms with Crippen LogP contribution >= 0.6 is 15.9 Å². The Morgan fingerprint density at radius 3 is 2.71 bits per heavy atom. The number of carboxylic acid groups (broad SMARTS) is 1. The van der Waals surface area contributed by atoms with E-state index in [1.807, 2.05) is 0 Å². The summed E-state index contributed by atoms with van der Waals surface area (Å²) in [5.74, 6) is -1.54. The zero-order valence-electron chi connectivity index (χ0n) is 11.5. The van der Waals surface area contributed by atoms with Crippen molar-refractivity contribution in [1.29, 1.82) is 0 Å². The number of benzene rings is 1. The van der Waals surface area contributed by atoms with E-state index in [4.69, 9.17) is 0 Å². The minimum Gasteiger partial charge on any atom is -0.480 e. The first kappa shape index (κ1) is 15.8. The van der Waals surface area contributed by atoms with Crippen molar-refractivity contribution >= 4 is 27.9 Å². The van der Waals surface area contributed by atoms with Crippen LogP contribution in [0.5, 0.6) is 0 Å². The van der Waals surface area contributed by atoms with E-state index in [9.17, 15) is 19.1 Å². The molecule has 5 nitrogen and oxygen atoms in total. The number of carbonyl (C=O) groups excluding carboxylic acids is 1. The normalized spacial score (nSPS) is 16.9. The third-order valence-corrected chi connectivity index (χ3v) is 4.15. The SMILES string of the molecule is CC(NC(=O)NCc1cc(Br)ccc1F)(C(=O)O)C1CC1. The molecule has 1 saturated carbocycles. The van der Waals surface area contributed by atoms with Crippen LogP contribution < -0.4 is 10.6 Å². The van der Waals surface area contributed by atoms with E-state index in [1.165, 1.54) is 13.0 Å². The molecule has 7 heteroatoms. The number of hydrogen-bond acceptors (Lipinski definition) is 2. The van der Waals surface area contributed by atoms with Gasteiger partial charge in [-0.2, -0.15) is 0 Å². The summed E-state index contributed by atoms with van der Waals surface area (Å²) in [6, 6.07) is 3.80. The largest absolute Gasteiger partial charge is 0.480 e. The van der Waals surface area contributed by atoms with Gasteiger partial charge in [-0.1, -0.05) is 15.9 Å². The molecule has 2 amide bonds. The molecule has 21 heavy (non-hydrogen) atoms. The second-order valence-electron chi connectivity index (χ2n) is 5.33. The van der Waals surface area contributed by atoms with E-state index < -0.39 is 23.4 Å². The van der Waals surface area contributed by atoms with Gasteiger partial charge in [-0.3, -0.25) is 0 Å². The van der Waals surface area contributed by atoms with Crippen molar-refractivity contribution in [2.45, 2.75) is 31.8 Å². The van der Waals surface area contributed by atoms with Gasteiger partial charge in [0, 0.05) is 16.6 Å². The van der Waals surface area contributed by atoms with Crippen LogP contribution in [0.1, 0.15) is 25.3 Å². The van der Waals surface area contributed by atoms with Gasteiger partial charge in [-0.05, 0) is 43.9 Å². The van der Waals surface area contributed by atoms with Gasteiger partial charge in [0.25, 0.3) is 0 Å². The standard InChI is InChI=1S/C14H16BrFN2O3/c1-14(12(19)20,9-2-3-9)18-13(21)17-7-8-6-10(15)4-5-11(8)16/h4-6,9H,2-3,7H2,1H3,(H,19,20)(H2,17,18,21). The van der Waals surface area contributed by atoms with Crippen LogP contribution in [0, 0.1) is 11.7 Å². The summed E-state index contributed by atoms with van der Waals surface area (Å²) in [5.41, 5.74) is -0.956. The van der Waals surface area contributed by atoms with Gasteiger partial charge in [0.05, 0.1) is 0 Å². The molecule has 1 fully saturated rings. The first-order valence-corrected chi connectivity index (χ1v) is 7.35. The average molecular weight is 359 g/mol. The lowest BCUT2D eigenvalue weighted by Crippen LogP contribution is -2.56. The number of aliphatic carboxylic acids is 1. The van der Waals surface area contributed by atoms with Crippen molar-refractivity contribution in [2.75, 3.05) is 0 Å². The van der Waals surface area contributed by atoms with Crippen LogP contribution in [-0.4, -0.2) is 22.6 Å². The predicted octanol–water partition coefficient (Wildman–Crippen LogP) is 2.64. The van der Waals surface area contributed by atoms with Gasteiger partial charge in [-0.25, -0.2) is 14.0 Å². The van der Waals surface area contributed by atoms with Crippen molar-refractivity contribution in [2.24, 2.45) is 5.92 Å². The topological polar surface area (TPSA) is 78.4 Å². The zero-order valence-corrected chi connectivity index (χ0v) is 13.0. The number of halogens is 2. The smallest absolute Gasteiger partial charge is 0.329 e. The van der Waals surface area contributed by atoms with Gasteiger partial charge in [-0.15, -0.1) is 0 Å². The van der Waals surface area contributed by atoms with E-state index in [1.54, 1.807) is 12.1 Å². The fraction of sp³-hybridized carbons (Fsp3) is 0.429. The lowest BCUT2D eigenvalue weighted by atomic mass is 9.96. The molecule has 1 aliphatic carbocycles.